The fourth-order valence-electron chi connectivity index (χ4n) is 3.37. The maximum absolute atomic E-state index is 12.5. The van der Waals surface area contributed by atoms with E-state index in [1.807, 2.05) is 0 Å². The Morgan fingerprint density at radius 2 is 1.81 bits per heavy atom. The molecule has 0 N–H and O–H groups in total. The van der Waals surface area contributed by atoms with Gasteiger partial charge in [-0.15, -0.1) is 0 Å². The van der Waals surface area contributed by atoms with Gasteiger partial charge in [0.1, 0.15) is 0 Å². The fraction of sp³-hybridized carbons (Fsp3) is 0.500. The number of aryl methyl sites for hydroxylation is 1. The Morgan fingerprint density at radius 1 is 1.05 bits per heavy atom. The Bertz CT molecular complexity index is 530. The highest BCUT2D eigenvalue weighted by Gasteiger charge is 2.26. The maximum atomic E-state index is 12.5. The van der Waals surface area contributed by atoms with Gasteiger partial charge >= 0.3 is 0 Å². The molecule has 0 atom stereocenters. The molecule has 0 aromatic heterocycles. The highest BCUT2D eigenvalue weighted by atomic mass is 16.2. The molecule has 1 heterocycles. The van der Waals surface area contributed by atoms with E-state index < -0.39 is 0 Å². The number of carbonyl (C=O) groups is 1. The zero-order chi connectivity index (χ0) is 14.7. The number of hydrogen-bond donors (Lipinski definition) is 0. The van der Waals surface area contributed by atoms with E-state index in [1.165, 1.54) is 11.3 Å². The molecule has 1 aromatic carbocycles. The summed E-state index contributed by atoms with van der Waals surface area (Å²) in [6.07, 6.45) is 7.19. The third-order valence-corrected chi connectivity index (χ3v) is 4.62. The van der Waals surface area contributed by atoms with Crippen molar-refractivity contribution in [2.45, 2.75) is 26.2 Å². The molecular formula is C18H24N2O. The fourth-order valence-corrected chi connectivity index (χ4v) is 3.37. The summed E-state index contributed by atoms with van der Waals surface area (Å²) in [5, 5.41) is 0. The molecule has 1 aliphatic carbocycles. The lowest BCUT2D eigenvalue weighted by Crippen LogP contribution is -2.38. The summed E-state index contributed by atoms with van der Waals surface area (Å²) in [7, 11) is 0. The van der Waals surface area contributed by atoms with Crippen LogP contribution >= 0.6 is 0 Å². The summed E-state index contributed by atoms with van der Waals surface area (Å²) in [6, 6.07) is 8.53. The Labute approximate surface area is 127 Å². The summed E-state index contributed by atoms with van der Waals surface area (Å²) in [4.78, 5) is 17.0. The molecule has 1 fully saturated rings. The first-order valence-electron chi connectivity index (χ1n) is 8.00. The minimum Gasteiger partial charge on any atom is -0.369 e. The van der Waals surface area contributed by atoms with Gasteiger partial charge in [-0.25, -0.2) is 0 Å². The van der Waals surface area contributed by atoms with E-state index in [2.05, 4.69) is 53.1 Å². The van der Waals surface area contributed by atoms with Gasteiger partial charge in [-0.05, 0) is 37.8 Å². The van der Waals surface area contributed by atoms with Crippen LogP contribution in [0.2, 0.25) is 0 Å². The quantitative estimate of drug-likeness (QED) is 0.779. The first-order valence-corrected chi connectivity index (χ1v) is 8.00. The third kappa shape index (κ3) is 3.12. The molecule has 2 aliphatic rings. The van der Waals surface area contributed by atoms with Gasteiger partial charge in [0.05, 0.1) is 0 Å². The van der Waals surface area contributed by atoms with Crippen molar-refractivity contribution in [2.75, 3.05) is 31.1 Å². The van der Waals surface area contributed by atoms with Crippen LogP contribution in [0.3, 0.4) is 0 Å². The summed E-state index contributed by atoms with van der Waals surface area (Å²) in [5.41, 5.74) is 2.63. The topological polar surface area (TPSA) is 23.6 Å². The predicted molar refractivity (Wildman–Crippen MR) is 86.5 cm³/mol. The molecule has 0 bridgehead atoms. The van der Waals surface area contributed by atoms with E-state index in [0.29, 0.717) is 5.91 Å². The number of allylic oxidation sites excluding steroid dienone is 2. The molecule has 21 heavy (non-hydrogen) atoms. The number of para-hydroxylation sites is 1. The molecule has 0 saturated carbocycles. The van der Waals surface area contributed by atoms with Crippen molar-refractivity contribution in [1.82, 2.24) is 4.90 Å². The van der Waals surface area contributed by atoms with Gasteiger partial charge in [-0.2, -0.15) is 0 Å². The zero-order valence-electron chi connectivity index (χ0n) is 12.8. The number of anilines is 1. The second-order valence-electron chi connectivity index (χ2n) is 6.09. The van der Waals surface area contributed by atoms with Crippen LogP contribution in [0.5, 0.6) is 0 Å². The van der Waals surface area contributed by atoms with Crippen molar-refractivity contribution in [3.05, 3.63) is 42.0 Å². The van der Waals surface area contributed by atoms with Gasteiger partial charge in [0, 0.05) is 37.8 Å². The lowest BCUT2D eigenvalue weighted by atomic mass is 10.1. The van der Waals surface area contributed by atoms with Crippen molar-refractivity contribution in [3.63, 3.8) is 0 Å². The van der Waals surface area contributed by atoms with E-state index in [9.17, 15) is 4.79 Å². The average Bonchev–Trinajstić information content (AvgIpc) is 2.92. The highest BCUT2D eigenvalue weighted by Crippen LogP contribution is 2.23. The van der Waals surface area contributed by atoms with Crippen LogP contribution in [-0.4, -0.2) is 37.0 Å². The van der Waals surface area contributed by atoms with Crippen molar-refractivity contribution in [1.29, 1.82) is 0 Å². The Morgan fingerprint density at radius 3 is 2.57 bits per heavy atom. The smallest absolute Gasteiger partial charge is 0.226 e. The average molecular weight is 284 g/mol. The van der Waals surface area contributed by atoms with Gasteiger partial charge < -0.3 is 9.80 Å². The van der Waals surface area contributed by atoms with Gasteiger partial charge in [-0.3, -0.25) is 4.79 Å². The van der Waals surface area contributed by atoms with Crippen molar-refractivity contribution in [3.8, 4) is 0 Å². The molecular weight excluding hydrogens is 260 g/mol. The molecule has 0 unspecified atom stereocenters. The number of rotatable bonds is 2. The highest BCUT2D eigenvalue weighted by molar-refractivity contribution is 5.79. The number of nitrogens with zero attached hydrogens (tertiary/aromatic N) is 2. The normalized spacial score (nSPS) is 19.9. The van der Waals surface area contributed by atoms with Gasteiger partial charge in [-0.1, -0.05) is 30.4 Å². The Balaban J connectivity index is 1.64. The van der Waals surface area contributed by atoms with E-state index in [-0.39, 0.29) is 5.92 Å². The molecule has 1 aliphatic heterocycles. The van der Waals surface area contributed by atoms with Crippen LogP contribution in [0, 0.1) is 12.8 Å². The van der Waals surface area contributed by atoms with Gasteiger partial charge in [0.15, 0.2) is 0 Å². The standard InChI is InChI=1S/C18H24N2O/c1-15-7-2-5-10-17(15)19-11-6-12-20(14-13-19)18(21)16-8-3-4-9-16/h2-5,7,10,16H,6,8-9,11-14H2,1H3. The molecule has 3 heteroatoms. The minimum absolute atomic E-state index is 0.204. The monoisotopic (exact) mass is 284 g/mol. The molecule has 3 nitrogen and oxygen atoms in total. The van der Waals surface area contributed by atoms with E-state index in [1.54, 1.807) is 0 Å². The summed E-state index contributed by atoms with van der Waals surface area (Å²) in [6.45, 7) is 5.89. The van der Waals surface area contributed by atoms with Crippen LogP contribution in [0.1, 0.15) is 24.8 Å². The molecule has 112 valence electrons. The predicted octanol–water partition coefficient (Wildman–Crippen LogP) is 3.00. The van der Waals surface area contributed by atoms with Gasteiger partial charge in [0.2, 0.25) is 5.91 Å². The van der Waals surface area contributed by atoms with Crippen molar-refractivity contribution < 1.29 is 4.79 Å². The van der Waals surface area contributed by atoms with Crippen LogP contribution < -0.4 is 4.90 Å². The van der Waals surface area contributed by atoms with E-state index in [4.69, 9.17) is 0 Å². The number of hydrogen-bond acceptors (Lipinski definition) is 2. The number of amides is 1. The van der Waals surface area contributed by atoms with Crippen LogP contribution in [0.4, 0.5) is 5.69 Å². The number of carbonyl (C=O) groups excluding carboxylic acids is 1. The minimum atomic E-state index is 0.204. The Kier molecular flexibility index (Phi) is 4.28. The van der Waals surface area contributed by atoms with Gasteiger partial charge in [0.25, 0.3) is 0 Å². The van der Waals surface area contributed by atoms with E-state index >= 15 is 0 Å². The van der Waals surface area contributed by atoms with Crippen LogP contribution in [-0.2, 0) is 4.79 Å². The summed E-state index contributed by atoms with van der Waals surface area (Å²) >= 11 is 0. The molecule has 1 amide bonds. The summed E-state index contributed by atoms with van der Waals surface area (Å²) < 4.78 is 0. The second-order valence-corrected chi connectivity index (χ2v) is 6.09. The first-order chi connectivity index (χ1) is 10.3. The molecule has 1 saturated heterocycles. The zero-order valence-corrected chi connectivity index (χ0v) is 12.8. The lowest BCUT2D eigenvalue weighted by molar-refractivity contribution is -0.134. The van der Waals surface area contributed by atoms with Crippen molar-refractivity contribution in [2.24, 2.45) is 5.92 Å². The Hall–Kier alpha value is -1.77. The number of benzene rings is 1. The lowest BCUT2D eigenvalue weighted by Gasteiger charge is -2.26. The molecule has 1 aromatic rings. The SMILES string of the molecule is Cc1ccccc1N1CCCN(C(=O)C2CC=CC2)CC1. The van der Waals surface area contributed by atoms with Crippen molar-refractivity contribution >= 4 is 11.6 Å². The van der Waals surface area contributed by atoms with E-state index in [0.717, 1.165) is 45.4 Å². The maximum Gasteiger partial charge on any atom is 0.226 e. The molecule has 3 rings (SSSR count). The summed E-state index contributed by atoms with van der Waals surface area (Å²) in [5.74, 6) is 0.557. The largest absolute Gasteiger partial charge is 0.369 e. The van der Waals surface area contributed by atoms with Crippen LogP contribution in [0.15, 0.2) is 36.4 Å². The first kappa shape index (κ1) is 14.2. The second kappa shape index (κ2) is 6.33. The van der Waals surface area contributed by atoms with Crippen LogP contribution in [0.25, 0.3) is 0 Å². The molecule has 0 radical (unpaired) electrons. The molecule has 0 spiro atoms. The third-order valence-electron chi connectivity index (χ3n) is 4.62.